The number of carbonyl (C=O) groups excluding carboxylic acids is 1. The van der Waals surface area contributed by atoms with Crippen LogP contribution in [0.15, 0.2) is 36.0 Å². The van der Waals surface area contributed by atoms with E-state index in [1.807, 2.05) is 37.3 Å². The molecule has 4 nitrogen and oxygen atoms in total. The van der Waals surface area contributed by atoms with E-state index in [2.05, 4.69) is 5.32 Å². The molecule has 1 saturated heterocycles. The Kier molecular flexibility index (Phi) is 4.78. The Balaban J connectivity index is 2.03. The molecule has 0 radical (unpaired) electrons. The number of nitrogens with one attached hydrogen (secondary N) is 1. The van der Waals surface area contributed by atoms with Crippen molar-refractivity contribution in [2.45, 2.75) is 26.2 Å². The van der Waals surface area contributed by atoms with Gasteiger partial charge in [-0.1, -0.05) is 17.7 Å². The number of piperidine rings is 1. The Bertz CT molecular complexity index is 534. The van der Waals surface area contributed by atoms with Gasteiger partial charge in [-0.15, -0.1) is 0 Å². The number of likely N-dealkylation sites (tertiary alicyclic amines) is 1. The largest absolute Gasteiger partial charge is 0.360 e. The van der Waals surface area contributed by atoms with E-state index >= 15 is 0 Å². The van der Waals surface area contributed by atoms with Crippen molar-refractivity contribution in [3.8, 4) is 6.07 Å². The van der Waals surface area contributed by atoms with Crippen molar-refractivity contribution in [1.29, 1.82) is 5.26 Å². The first-order valence-electron chi connectivity index (χ1n) is 6.93. The molecule has 0 saturated carbocycles. The number of carbonyl (C=O) groups is 1. The molecule has 1 aromatic carbocycles. The molecule has 1 amide bonds. The van der Waals surface area contributed by atoms with Gasteiger partial charge >= 0.3 is 0 Å². The summed E-state index contributed by atoms with van der Waals surface area (Å²) in [5.74, 6) is -0.174. The molecule has 0 atom stereocenters. The Labute approximate surface area is 119 Å². The minimum absolute atomic E-state index is 0.160. The molecular formula is C16H19N3O. The van der Waals surface area contributed by atoms with Crippen molar-refractivity contribution in [2.24, 2.45) is 0 Å². The summed E-state index contributed by atoms with van der Waals surface area (Å²) in [5.41, 5.74) is 2.20. The fourth-order valence-electron chi connectivity index (χ4n) is 2.21. The predicted octanol–water partition coefficient (Wildman–Crippen LogP) is 2.83. The lowest BCUT2D eigenvalue weighted by Crippen LogP contribution is -2.36. The number of aryl methyl sites for hydroxylation is 1. The van der Waals surface area contributed by atoms with E-state index in [4.69, 9.17) is 5.26 Å². The van der Waals surface area contributed by atoms with Crippen LogP contribution in [0.2, 0.25) is 0 Å². The standard InChI is InChI=1S/C16H19N3O/c1-13-5-7-15(8-6-13)18-12-14(11-17)16(20)19-9-3-2-4-10-19/h5-8,12,18H,2-4,9-10H2,1H3/b14-12-. The van der Waals surface area contributed by atoms with Crippen molar-refractivity contribution in [3.05, 3.63) is 41.6 Å². The van der Waals surface area contributed by atoms with Gasteiger partial charge in [0, 0.05) is 25.0 Å². The zero-order valence-corrected chi connectivity index (χ0v) is 11.7. The van der Waals surface area contributed by atoms with Crippen LogP contribution in [0.4, 0.5) is 5.69 Å². The zero-order valence-electron chi connectivity index (χ0n) is 11.7. The second kappa shape index (κ2) is 6.76. The molecule has 2 rings (SSSR count). The van der Waals surface area contributed by atoms with E-state index < -0.39 is 0 Å². The van der Waals surface area contributed by atoms with Gasteiger partial charge in [0.1, 0.15) is 11.6 Å². The second-order valence-corrected chi connectivity index (χ2v) is 5.03. The molecule has 0 unspecified atom stereocenters. The molecule has 104 valence electrons. The highest BCUT2D eigenvalue weighted by molar-refractivity contribution is 5.97. The molecule has 1 aromatic rings. The number of nitrogens with zero attached hydrogens (tertiary/aromatic N) is 2. The van der Waals surface area contributed by atoms with E-state index in [0.29, 0.717) is 0 Å². The minimum atomic E-state index is -0.174. The predicted molar refractivity (Wildman–Crippen MR) is 78.9 cm³/mol. The smallest absolute Gasteiger partial charge is 0.266 e. The number of rotatable bonds is 3. The zero-order chi connectivity index (χ0) is 14.4. The normalized spacial score (nSPS) is 15.6. The second-order valence-electron chi connectivity index (χ2n) is 5.03. The monoisotopic (exact) mass is 269 g/mol. The van der Waals surface area contributed by atoms with Gasteiger partial charge in [0.15, 0.2) is 0 Å². The highest BCUT2D eigenvalue weighted by Gasteiger charge is 2.19. The number of benzene rings is 1. The van der Waals surface area contributed by atoms with Crippen molar-refractivity contribution < 1.29 is 4.79 Å². The first-order valence-corrected chi connectivity index (χ1v) is 6.93. The van der Waals surface area contributed by atoms with Gasteiger partial charge in [-0.25, -0.2) is 0 Å². The maximum absolute atomic E-state index is 12.2. The van der Waals surface area contributed by atoms with Crippen molar-refractivity contribution in [1.82, 2.24) is 4.90 Å². The van der Waals surface area contributed by atoms with Gasteiger partial charge in [-0.05, 0) is 38.3 Å². The Morgan fingerprint density at radius 2 is 1.90 bits per heavy atom. The summed E-state index contributed by atoms with van der Waals surface area (Å²) in [6, 6.07) is 9.80. The highest BCUT2D eigenvalue weighted by Crippen LogP contribution is 2.13. The van der Waals surface area contributed by atoms with Crippen molar-refractivity contribution in [3.63, 3.8) is 0 Å². The lowest BCUT2D eigenvalue weighted by Gasteiger charge is -2.26. The minimum Gasteiger partial charge on any atom is -0.360 e. The topological polar surface area (TPSA) is 56.1 Å². The SMILES string of the molecule is Cc1ccc(N/C=C(/C#N)C(=O)N2CCCCC2)cc1. The van der Waals surface area contributed by atoms with E-state index in [0.717, 1.165) is 38.0 Å². The number of hydrogen-bond donors (Lipinski definition) is 1. The van der Waals surface area contributed by atoms with Crippen LogP contribution in [0.5, 0.6) is 0 Å². The quantitative estimate of drug-likeness (QED) is 0.678. The number of nitriles is 1. The number of hydrogen-bond acceptors (Lipinski definition) is 3. The van der Waals surface area contributed by atoms with Crippen LogP contribution < -0.4 is 5.32 Å². The van der Waals surface area contributed by atoms with E-state index in [1.165, 1.54) is 11.8 Å². The summed E-state index contributed by atoms with van der Waals surface area (Å²) in [6.45, 7) is 3.52. The third kappa shape index (κ3) is 3.61. The van der Waals surface area contributed by atoms with Gasteiger partial charge in [0.05, 0.1) is 0 Å². The molecule has 20 heavy (non-hydrogen) atoms. The van der Waals surface area contributed by atoms with Crippen molar-refractivity contribution in [2.75, 3.05) is 18.4 Å². The van der Waals surface area contributed by atoms with E-state index in [9.17, 15) is 4.79 Å². The molecular weight excluding hydrogens is 250 g/mol. The maximum Gasteiger partial charge on any atom is 0.266 e. The summed E-state index contributed by atoms with van der Waals surface area (Å²) >= 11 is 0. The lowest BCUT2D eigenvalue weighted by atomic mass is 10.1. The molecule has 1 aliphatic rings. The summed E-state index contributed by atoms with van der Waals surface area (Å²) in [7, 11) is 0. The van der Waals surface area contributed by atoms with E-state index in [1.54, 1.807) is 4.90 Å². The van der Waals surface area contributed by atoms with Gasteiger partial charge in [-0.2, -0.15) is 5.26 Å². The van der Waals surface area contributed by atoms with E-state index in [-0.39, 0.29) is 11.5 Å². The molecule has 0 aliphatic carbocycles. The molecule has 0 spiro atoms. The average molecular weight is 269 g/mol. The average Bonchev–Trinajstić information content (AvgIpc) is 2.50. The summed E-state index contributed by atoms with van der Waals surface area (Å²) in [4.78, 5) is 14.0. The maximum atomic E-state index is 12.2. The van der Waals surface area contributed by atoms with Crippen LogP contribution in [-0.4, -0.2) is 23.9 Å². The summed E-state index contributed by atoms with van der Waals surface area (Å²) < 4.78 is 0. The Morgan fingerprint density at radius 1 is 1.25 bits per heavy atom. The Morgan fingerprint density at radius 3 is 2.50 bits per heavy atom. The molecule has 1 fully saturated rings. The number of amides is 1. The van der Waals surface area contributed by atoms with Crippen LogP contribution in [0.25, 0.3) is 0 Å². The number of anilines is 1. The molecule has 0 aromatic heterocycles. The van der Waals surface area contributed by atoms with Crippen molar-refractivity contribution >= 4 is 11.6 Å². The van der Waals surface area contributed by atoms with Gasteiger partial charge < -0.3 is 10.2 Å². The van der Waals surface area contributed by atoms with Gasteiger partial charge in [-0.3, -0.25) is 4.79 Å². The molecule has 1 aliphatic heterocycles. The molecule has 1 heterocycles. The molecule has 1 N–H and O–H groups in total. The highest BCUT2D eigenvalue weighted by atomic mass is 16.2. The van der Waals surface area contributed by atoms with Crippen LogP contribution in [0, 0.1) is 18.3 Å². The van der Waals surface area contributed by atoms with Gasteiger partial charge in [0.25, 0.3) is 5.91 Å². The molecule has 0 bridgehead atoms. The third-order valence-electron chi connectivity index (χ3n) is 3.43. The third-order valence-corrected chi connectivity index (χ3v) is 3.43. The van der Waals surface area contributed by atoms with Crippen LogP contribution >= 0.6 is 0 Å². The summed E-state index contributed by atoms with van der Waals surface area (Å²) in [6.07, 6.45) is 4.71. The first-order chi connectivity index (χ1) is 9.70. The van der Waals surface area contributed by atoms with Crippen LogP contribution in [0.3, 0.4) is 0 Å². The fourth-order valence-corrected chi connectivity index (χ4v) is 2.21. The first kappa shape index (κ1) is 14.1. The Hall–Kier alpha value is -2.28. The van der Waals surface area contributed by atoms with Crippen LogP contribution in [-0.2, 0) is 4.79 Å². The van der Waals surface area contributed by atoms with Gasteiger partial charge in [0.2, 0.25) is 0 Å². The van der Waals surface area contributed by atoms with Crippen LogP contribution in [0.1, 0.15) is 24.8 Å². The lowest BCUT2D eigenvalue weighted by molar-refractivity contribution is -0.127. The fraction of sp³-hybridized carbons (Fsp3) is 0.375. The molecule has 4 heteroatoms. The summed E-state index contributed by atoms with van der Waals surface area (Å²) in [5, 5.41) is 12.2.